The summed E-state index contributed by atoms with van der Waals surface area (Å²) in [5.74, 6) is -28.3. The number of phenols is 1. The number of aromatic hydroxyl groups is 1. The molecule has 47 nitrogen and oxygen atoms in total. The van der Waals surface area contributed by atoms with Gasteiger partial charge in [0.2, 0.25) is 94.5 Å². The Balaban J connectivity index is 3.72. The normalized spacial score (nSPS) is 16.1. The molecule has 0 fully saturated rings. The number of hydrogen-bond donors (Lipinski definition) is 27. The van der Waals surface area contributed by atoms with Crippen LogP contribution < -0.4 is 103 Å². The number of amides is 16. The van der Waals surface area contributed by atoms with Crippen molar-refractivity contribution >= 4 is 118 Å². The monoisotopic (exact) mass is 1740 g/mol. The molecule has 0 saturated heterocycles. The number of phenolic OH excluding ortho intramolecular Hbond substituents is 1. The number of nitrogens with one attached hydrogen (secondary N) is 14. The molecule has 1 aromatic carbocycles. The summed E-state index contributed by atoms with van der Waals surface area (Å²) >= 11 is 0. The molecule has 0 bridgehead atoms. The molecule has 0 heterocycles. The van der Waals surface area contributed by atoms with Gasteiger partial charge in [-0.25, -0.2) is 4.79 Å². The third kappa shape index (κ3) is 39.1. The number of aliphatic hydroxyl groups excluding tert-OH is 3. The molecule has 686 valence electrons. The van der Waals surface area contributed by atoms with Crippen molar-refractivity contribution < 1.29 is 137 Å². The summed E-state index contributed by atoms with van der Waals surface area (Å²) in [5.41, 5.74) is 28.5. The van der Waals surface area contributed by atoms with Crippen LogP contribution in [0, 0.1) is 17.8 Å². The lowest BCUT2D eigenvalue weighted by molar-refractivity contribution is -0.143. The van der Waals surface area contributed by atoms with Crippen molar-refractivity contribution in [3.05, 3.63) is 29.8 Å². The van der Waals surface area contributed by atoms with Gasteiger partial charge in [0.05, 0.1) is 38.1 Å². The Kier molecular flexibility index (Phi) is 48.9. The van der Waals surface area contributed by atoms with Gasteiger partial charge in [-0.15, -0.1) is 0 Å². The number of hydrogen-bond acceptors (Lipinski definition) is 27. The molecule has 0 aliphatic rings. The van der Waals surface area contributed by atoms with Crippen LogP contribution >= 0.6 is 0 Å². The second-order valence-corrected chi connectivity index (χ2v) is 29.7. The molecule has 0 unspecified atom stereocenters. The van der Waals surface area contributed by atoms with Gasteiger partial charge in [0.25, 0.3) is 0 Å². The Labute approximate surface area is 703 Å². The number of nitrogens with two attached hydrogens (primary N) is 5. The van der Waals surface area contributed by atoms with Crippen molar-refractivity contribution in [3.63, 3.8) is 0 Å². The van der Waals surface area contributed by atoms with Crippen LogP contribution in [0.15, 0.2) is 24.3 Å². The van der Waals surface area contributed by atoms with E-state index in [1.54, 1.807) is 27.7 Å². The molecule has 0 radical (unpaired) electrons. The Morgan fingerprint density at radius 3 is 1.00 bits per heavy atom. The van der Waals surface area contributed by atoms with E-state index in [-0.39, 0.29) is 83.0 Å². The first-order valence-corrected chi connectivity index (χ1v) is 39.7. The molecule has 0 aliphatic heterocycles. The summed E-state index contributed by atoms with van der Waals surface area (Å²) < 4.78 is 0. The van der Waals surface area contributed by atoms with Crippen molar-refractivity contribution in [2.24, 2.45) is 46.4 Å². The number of primary amides is 2. The predicted octanol–water partition coefficient (Wildman–Crippen LogP) is -8.74. The number of unbranched alkanes of at least 4 members (excludes halogenated alkanes) is 2. The zero-order chi connectivity index (χ0) is 93.1. The third-order valence-corrected chi connectivity index (χ3v) is 19.6. The van der Waals surface area contributed by atoms with Crippen LogP contribution in [0.4, 0.5) is 0 Å². The van der Waals surface area contributed by atoms with Crippen LogP contribution in [-0.2, 0) is 102 Å². The third-order valence-electron chi connectivity index (χ3n) is 19.6. The fourth-order valence-electron chi connectivity index (χ4n) is 11.6. The van der Waals surface area contributed by atoms with Crippen molar-refractivity contribution in [2.75, 3.05) is 19.7 Å². The molecule has 0 saturated carbocycles. The maximum atomic E-state index is 14.4. The maximum Gasteiger partial charge on any atom is 0.326 e. The number of carboxylic acid groups (broad SMARTS) is 4. The van der Waals surface area contributed by atoms with Crippen LogP contribution in [-0.4, -0.2) is 282 Å². The molecular weight excluding hydrogens is 1610 g/mol. The van der Waals surface area contributed by atoms with E-state index in [1.165, 1.54) is 52.0 Å². The summed E-state index contributed by atoms with van der Waals surface area (Å²) in [4.78, 5) is 270. The lowest BCUT2D eigenvalue weighted by Crippen LogP contribution is -2.63. The minimum atomic E-state index is -2.18. The quantitative estimate of drug-likeness (QED) is 0.0269. The highest BCUT2D eigenvalue weighted by atomic mass is 16.4. The summed E-state index contributed by atoms with van der Waals surface area (Å²) in [6.07, 6.45) is -9.93. The van der Waals surface area contributed by atoms with Crippen molar-refractivity contribution in [3.8, 4) is 5.75 Å². The Morgan fingerprint density at radius 1 is 0.344 bits per heavy atom. The van der Waals surface area contributed by atoms with Gasteiger partial charge >= 0.3 is 23.9 Å². The first-order chi connectivity index (χ1) is 57.1. The number of benzene rings is 1. The smallest absolute Gasteiger partial charge is 0.326 e. The fourth-order valence-corrected chi connectivity index (χ4v) is 11.6. The van der Waals surface area contributed by atoms with Crippen LogP contribution in [0.1, 0.15) is 171 Å². The highest BCUT2D eigenvalue weighted by Crippen LogP contribution is 2.18. The Bertz CT molecular complexity index is 3760. The average molecular weight is 1740 g/mol. The largest absolute Gasteiger partial charge is 0.508 e. The summed E-state index contributed by atoms with van der Waals surface area (Å²) in [5, 5.41) is 112. The minimum Gasteiger partial charge on any atom is -0.508 e. The molecule has 122 heavy (non-hydrogen) atoms. The van der Waals surface area contributed by atoms with Crippen LogP contribution in [0.5, 0.6) is 5.75 Å². The van der Waals surface area contributed by atoms with E-state index in [0.717, 1.165) is 6.92 Å². The highest BCUT2D eigenvalue weighted by molar-refractivity contribution is 6.02. The van der Waals surface area contributed by atoms with Gasteiger partial charge in [0.15, 0.2) is 0 Å². The van der Waals surface area contributed by atoms with E-state index in [2.05, 4.69) is 74.4 Å². The van der Waals surface area contributed by atoms with E-state index < -0.39 is 291 Å². The Hall–Kier alpha value is -11.8. The lowest BCUT2D eigenvalue weighted by Gasteiger charge is -2.30. The molecule has 32 N–H and O–H groups in total. The molecule has 1 aromatic rings. The number of carbonyl (C=O) groups is 20. The molecule has 16 amide bonds. The summed E-state index contributed by atoms with van der Waals surface area (Å²) in [6.45, 7) is 11.8. The first kappa shape index (κ1) is 108. The lowest BCUT2D eigenvalue weighted by atomic mass is 9.94. The van der Waals surface area contributed by atoms with Crippen molar-refractivity contribution in [2.45, 2.75) is 274 Å². The van der Waals surface area contributed by atoms with Crippen LogP contribution in [0.25, 0.3) is 0 Å². The van der Waals surface area contributed by atoms with Gasteiger partial charge in [0, 0.05) is 19.3 Å². The standard InChI is InChI=1S/C75H123N19O28/c1-10-34(4)57(72(118)90-50(33-95)69(115)89-49(75(121)122)29-40-19-21-41(98)22-20-40)92-65(111)45(24-26-54(103)104)84-62(108)42(17-13-15-27-76)82-63(109)44(23-25-53(101)102)85-74(120)60(39(9)97)94-64(110)43(18-14-16-28-77)83-66(112)46(30-51(78)99)86-67(113)47(31-52(79)100)87-68(114)48(32-55(105)106)88-71(117)58(35(5)11-2)93-73(119)59(36(6)12-3)91-61(107)37(7)81-70(116)56(80)38(8)96/h19-22,34-39,42-50,56-60,95-98H,10-18,23-33,76-77,80H2,1-9H3,(H2,78,99)(H2,79,100)(H,81,116)(H,82,109)(H,83,112)(H,84,108)(H,85,120)(H,86,113)(H,87,114)(H,88,117)(H,89,115)(H,90,118)(H,91,107)(H,92,111)(H,93,119)(H,94,110)(H,101,102)(H,103,104)(H,105,106)(H,121,122)/t34-,35-,36-,37+,38+,39+,42-,43-,44-,45-,46-,47-,48-,49-,50-,56-,57-,58-,59-,60-/m0/s1. The summed E-state index contributed by atoms with van der Waals surface area (Å²) in [6, 6.07) is -21.4. The molecule has 20 atom stereocenters. The first-order valence-electron chi connectivity index (χ1n) is 39.7. The predicted molar refractivity (Wildman–Crippen MR) is 428 cm³/mol. The molecule has 47 heteroatoms. The average Bonchev–Trinajstić information content (AvgIpc) is 0.846. The van der Waals surface area contributed by atoms with E-state index in [9.17, 15) is 137 Å². The maximum absolute atomic E-state index is 14.4. The van der Waals surface area contributed by atoms with E-state index in [1.807, 2.05) is 0 Å². The minimum absolute atomic E-state index is 0.00409. The highest BCUT2D eigenvalue weighted by Gasteiger charge is 2.41. The number of rotatable bonds is 60. The van der Waals surface area contributed by atoms with Crippen molar-refractivity contribution in [1.82, 2.24) is 74.4 Å². The number of aliphatic hydroxyl groups is 3. The fraction of sp³-hybridized carbons (Fsp3) is 0.653. The topological polar surface area (TPSA) is 802 Å². The van der Waals surface area contributed by atoms with Gasteiger partial charge in [-0.2, -0.15) is 0 Å². The molecule has 0 aromatic heterocycles. The molecular formula is C75H123N19O28. The van der Waals surface area contributed by atoms with E-state index in [0.29, 0.717) is 5.56 Å². The number of aliphatic carboxylic acids is 4. The second kappa shape index (κ2) is 55.2. The van der Waals surface area contributed by atoms with E-state index in [4.69, 9.17) is 28.7 Å². The van der Waals surface area contributed by atoms with Crippen molar-refractivity contribution in [1.29, 1.82) is 0 Å². The van der Waals surface area contributed by atoms with Gasteiger partial charge in [-0.05, 0) is 121 Å². The molecule has 0 aliphatic carbocycles. The number of carbonyl (C=O) groups excluding carboxylic acids is 16. The SMILES string of the molecule is CC[C@H](C)[C@H](NC(=O)[C@H](CCC(=O)O)NC(=O)[C@H](CCCCN)NC(=O)[C@H](CCC(=O)O)NC(=O)[C@@H](NC(=O)[C@H](CCCCN)NC(=O)[C@H](CC(N)=O)NC(=O)[C@H](CC(N)=O)NC(=O)[C@H](CC(=O)O)NC(=O)[C@@H](NC(=O)[C@@H](NC(=O)[C@@H](C)NC(=O)[C@@H](N)[C@@H](C)O)[C@@H](C)CC)[C@@H](C)CC)[C@@H](C)O)C(=O)N[C@@H](CO)C(=O)N[C@@H](Cc1ccc(O)cc1)C(=O)O. The van der Waals surface area contributed by atoms with Gasteiger partial charge < -0.3 is 144 Å². The molecule has 1 rings (SSSR count). The van der Waals surface area contributed by atoms with Gasteiger partial charge in [0.1, 0.15) is 96.4 Å². The zero-order valence-corrected chi connectivity index (χ0v) is 69.6. The zero-order valence-electron chi connectivity index (χ0n) is 69.6. The summed E-state index contributed by atoms with van der Waals surface area (Å²) in [7, 11) is 0. The van der Waals surface area contributed by atoms with Crippen LogP contribution in [0.3, 0.4) is 0 Å². The number of carboxylic acids is 4. The Morgan fingerprint density at radius 2 is 0.648 bits per heavy atom. The van der Waals surface area contributed by atoms with Crippen LogP contribution in [0.2, 0.25) is 0 Å². The molecule has 0 spiro atoms. The van der Waals surface area contributed by atoms with Gasteiger partial charge in [-0.1, -0.05) is 72.9 Å². The van der Waals surface area contributed by atoms with E-state index >= 15 is 0 Å². The second-order valence-electron chi connectivity index (χ2n) is 29.7. The van der Waals surface area contributed by atoms with Gasteiger partial charge in [-0.3, -0.25) is 91.1 Å².